The fourth-order valence-corrected chi connectivity index (χ4v) is 3.03. The molecule has 1 N–H and O–H groups in total. The Morgan fingerprint density at radius 1 is 1.25 bits per heavy atom. The number of amides is 1. The van der Waals surface area contributed by atoms with E-state index in [0.29, 0.717) is 13.1 Å². The monoisotopic (exact) mass is 281 g/mol. The highest BCUT2D eigenvalue weighted by molar-refractivity contribution is 5.81. The molecule has 5 heteroatoms. The fourth-order valence-electron chi connectivity index (χ4n) is 3.03. The van der Waals surface area contributed by atoms with Gasteiger partial charge in [-0.25, -0.2) is 9.59 Å². The van der Waals surface area contributed by atoms with Gasteiger partial charge in [0.25, 0.3) is 0 Å². The van der Waals surface area contributed by atoms with E-state index in [0.717, 1.165) is 31.3 Å². The van der Waals surface area contributed by atoms with Crippen molar-refractivity contribution in [1.29, 1.82) is 0 Å². The van der Waals surface area contributed by atoms with Crippen molar-refractivity contribution >= 4 is 12.1 Å². The second-order valence-electron chi connectivity index (χ2n) is 6.96. The molecule has 1 saturated heterocycles. The van der Waals surface area contributed by atoms with Crippen LogP contribution in [0.5, 0.6) is 0 Å². The van der Waals surface area contributed by atoms with Crippen LogP contribution >= 0.6 is 0 Å². The number of hydrogen-bond donors (Lipinski definition) is 1. The highest BCUT2D eigenvalue weighted by atomic mass is 16.6. The van der Waals surface area contributed by atoms with Crippen molar-refractivity contribution in [3.05, 3.63) is 11.6 Å². The molecule has 1 amide bonds. The summed E-state index contributed by atoms with van der Waals surface area (Å²) in [5, 5.41) is 8.71. The van der Waals surface area contributed by atoms with Crippen LogP contribution in [0.2, 0.25) is 0 Å². The molecule has 1 aliphatic carbocycles. The van der Waals surface area contributed by atoms with Crippen LogP contribution in [0.25, 0.3) is 0 Å². The molecule has 1 aliphatic heterocycles. The standard InChI is InChI=1S/C15H23NO4/c1-14(2,3)20-13(19)16-6-4-15(5-7-16)9-11(10-15)8-12(17)18/h8H,4-7,9-10H2,1-3H3,(H,17,18). The summed E-state index contributed by atoms with van der Waals surface area (Å²) in [6.45, 7) is 7.01. The molecule has 112 valence electrons. The highest BCUT2D eigenvalue weighted by Gasteiger charge is 2.44. The number of carboxylic acids is 1. The van der Waals surface area contributed by atoms with Crippen LogP contribution in [0.15, 0.2) is 11.6 Å². The molecule has 20 heavy (non-hydrogen) atoms. The van der Waals surface area contributed by atoms with Gasteiger partial charge in [-0.1, -0.05) is 5.57 Å². The van der Waals surface area contributed by atoms with Gasteiger partial charge in [-0.3, -0.25) is 0 Å². The minimum Gasteiger partial charge on any atom is -0.478 e. The molecule has 2 rings (SSSR count). The van der Waals surface area contributed by atoms with Crippen LogP contribution in [0.4, 0.5) is 4.79 Å². The maximum Gasteiger partial charge on any atom is 0.410 e. The van der Waals surface area contributed by atoms with E-state index in [4.69, 9.17) is 9.84 Å². The number of piperidine rings is 1. The molecule has 0 unspecified atom stereocenters. The molecule has 1 spiro atoms. The van der Waals surface area contributed by atoms with Crippen molar-refractivity contribution in [2.45, 2.75) is 52.1 Å². The lowest BCUT2D eigenvalue weighted by molar-refractivity contribution is -0.131. The lowest BCUT2D eigenvalue weighted by Gasteiger charge is -2.49. The van der Waals surface area contributed by atoms with Crippen molar-refractivity contribution in [1.82, 2.24) is 4.90 Å². The number of carboxylic acid groups (broad SMARTS) is 1. The molecule has 2 fully saturated rings. The van der Waals surface area contributed by atoms with Crippen LogP contribution in [0, 0.1) is 5.41 Å². The third kappa shape index (κ3) is 3.52. The Kier molecular flexibility index (Phi) is 3.80. The minimum atomic E-state index is -0.860. The zero-order chi connectivity index (χ0) is 15.0. The normalized spacial score (nSPS) is 21.4. The summed E-state index contributed by atoms with van der Waals surface area (Å²) in [7, 11) is 0. The first-order valence-corrected chi connectivity index (χ1v) is 7.09. The second-order valence-corrected chi connectivity index (χ2v) is 6.96. The molecule has 0 radical (unpaired) electrons. The van der Waals surface area contributed by atoms with Crippen molar-refractivity contribution in [2.24, 2.45) is 5.41 Å². The molecule has 0 bridgehead atoms. The first kappa shape index (κ1) is 14.9. The fraction of sp³-hybridized carbons (Fsp3) is 0.733. The maximum absolute atomic E-state index is 12.0. The molecule has 1 heterocycles. The van der Waals surface area contributed by atoms with E-state index in [1.165, 1.54) is 6.08 Å². The first-order chi connectivity index (χ1) is 9.19. The van der Waals surface area contributed by atoms with Gasteiger partial charge in [-0.15, -0.1) is 0 Å². The Morgan fingerprint density at radius 2 is 1.80 bits per heavy atom. The Bertz CT molecular complexity index is 429. The average Bonchev–Trinajstić information content (AvgIpc) is 2.24. The van der Waals surface area contributed by atoms with E-state index < -0.39 is 11.6 Å². The van der Waals surface area contributed by atoms with Crippen LogP contribution in [-0.4, -0.2) is 40.8 Å². The highest BCUT2D eigenvalue weighted by Crippen LogP contribution is 2.52. The lowest BCUT2D eigenvalue weighted by Crippen LogP contribution is -2.48. The SMILES string of the molecule is CC(C)(C)OC(=O)N1CCC2(CC1)CC(=CC(=O)O)C2. The third-order valence-corrected chi connectivity index (χ3v) is 4.01. The number of nitrogens with zero attached hydrogens (tertiary/aromatic N) is 1. The third-order valence-electron chi connectivity index (χ3n) is 4.01. The Hall–Kier alpha value is -1.52. The van der Waals surface area contributed by atoms with Gasteiger partial charge in [0, 0.05) is 19.2 Å². The topological polar surface area (TPSA) is 66.8 Å². The first-order valence-electron chi connectivity index (χ1n) is 7.09. The van der Waals surface area contributed by atoms with Crippen molar-refractivity contribution < 1.29 is 19.4 Å². The van der Waals surface area contributed by atoms with Gasteiger partial charge in [0.1, 0.15) is 5.60 Å². The Balaban J connectivity index is 1.82. The molecule has 0 aromatic heterocycles. The molecular weight excluding hydrogens is 258 g/mol. The van der Waals surface area contributed by atoms with Crippen molar-refractivity contribution in [3.8, 4) is 0 Å². The summed E-state index contributed by atoms with van der Waals surface area (Å²) in [6, 6.07) is 0. The largest absolute Gasteiger partial charge is 0.478 e. The predicted octanol–water partition coefficient (Wildman–Crippen LogP) is 2.81. The summed E-state index contributed by atoms with van der Waals surface area (Å²) in [6.07, 6.45) is 4.67. The number of carbonyl (C=O) groups excluding carboxylic acids is 1. The maximum atomic E-state index is 12.0. The van der Waals surface area contributed by atoms with Gasteiger partial charge in [0.05, 0.1) is 0 Å². The van der Waals surface area contributed by atoms with E-state index in [-0.39, 0.29) is 11.5 Å². The molecular formula is C15H23NO4. The summed E-state index contributed by atoms with van der Waals surface area (Å²) >= 11 is 0. The predicted molar refractivity (Wildman–Crippen MR) is 74.4 cm³/mol. The Morgan fingerprint density at radius 3 is 2.25 bits per heavy atom. The second kappa shape index (κ2) is 5.11. The minimum absolute atomic E-state index is 0.222. The van der Waals surface area contributed by atoms with Crippen molar-refractivity contribution in [2.75, 3.05) is 13.1 Å². The summed E-state index contributed by atoms with van der Waals surface area (Å²) in [5.41, 5.74) is 0.781. The van der Waals surface area contributed by atoms with E-state index >= 15 is 0 Å². The van der Waals surface area contributed by atoms with Crippen LogP contribution in [-0.2, 0) is 9.53 Å². The van der Waals surface area contributed by atoms with Gasteiger partial charge < -0.3 is 14.7 Å². The van der Waals surface area contributed by atoms with Gasteiger partial charge in [-0.2, -0.15) is 0 Å². The van der Waals surface area contributed by atoms with Crippen molar-refractivity contribution in [3.63, 3.8) is 0 Å². The smallest absolute Gasteiger partial charge is 0.410 e. The number of ether oxygens (including phenoxy) is 1. The molecule has 5 nitrogen and oxygen atoms in total. The summed E-state index contributed by atoms with van der Waals surface area (Å²) in [4.78, 5) is 24.3. The zero-order valence-electron chi connectivity index (χ0n) is 12.4. The van der Waals surface area contributed by atoms with E-state index in [1.54, 1.807) is 4.90 Å². The number of allylic oxidation sites excluding steroid dienone is 1. The van der Waals surface area contributed by atoms with Crippen LogP contribution < -0.4 is 0 Å². The van der Waals surface area contributed by atoms with Gasteiger partial charge in [0.2, 0.25) is 0 Å². The van der Waals surface area contributed by atoms with E-state index in [1.807, 2.05) is 20.8 Å². The number of hydrogen-bond acceptors (Lipinski definition) is 3. The van der Waals surface area contributed by atoms with E-state index in [2.05, 4.69) is 0 Å². The van der Waals surface area contributed by atoms with Gasteiger partial charge >= 0.3 is 12.1 Å². The molecule has 0 aromatic carbocycles. The van der Waals surface area contributed by atoms with Crippen LogP contribution in [0.1, 0.15) is 46.5 Å². The van der Waals surface area contributed by atoms with Gasteiger partial charge in [0.15, 0.2) is 0 Å². The quantitative estimate of drug-likeness (QED) is 0.750. The summed E-state index contributed by atoms with van der Waals surface area (Å²) < 4.78 is 5.37. The average molecular weight is 281 g/mol. The molecule has 2 aliphatic rings. The van der Waals surface area contributed by atoms with Gasteiger partial charge in [-0.05, 0) is 51.9 Å². The van der Waals surface area contributed by atoms with E-state index in [9.17, 15) is 9.59 Å². The molecule has 1 saturated carbocycles. The zero-order valence-corrected chi connectivity index (χ0v) is 12.4. The number of carbonyl (C=O) groups is 2. The number of rotatable bonds is 1. The summed E-state index contributed by atoms with van der Waals surface area (Å²) in [5.74, 6) is -0.860. The number of aliphatic carboxylic acids is 1. The Labute approximate surface area is 119 Å². The van der Waals surface area contributed by atoms with Crippen LogP contribution in [0.3, 0.4) is 0 Å². The number of likely N-dealkylation sites (tertiary alicyclic amines) is 1. The molecule has 0 aromatic rings. The lowest BCUT2D eigenvalue weighted by atomic mass is 9.60. The molecule has 0 atom stereocenters.